The molecule has 0 spiro atoms. The molecule has 0 atom stereocenters. The predicted molar refractivity (Wildman–Crippen MR) is 89.7 cm³/mol. The van der Waals surface area contributed by atoms with Crippen LogP contribution in [0.4, 0.5) is 23.0 Å². The molecule has 2 rings (SSSR count). The summed E-state index contributed by atoms with van der Waals surface area (Å²) in [5, 5.41) is 6.50. The van der Waals surface area contributed by atoms with Crippen LogP contribution in [0.1, 0.15) is 18.3 Å². The van der Waals surface area contributed by atoms with Crippen LogP contribution in [0.2, 0.25) is 0 Å². The zero-order valence-electron chi connectivity index (χ0n) is 13.4. The molecule has 0 saturated heterocycles. The van der Waals surface area contributed by atoms with Crippen LogP contribution in [0, 0.1) is 6.92 Å². The minimum Gasteiger partial charge on any atom is -0.378 e. The highest BCUT2D eigenvalue weighted by Crippen LogP contribution is 2.24. The molecule has 5 nitrogen and oxygen atoms in total. The maximum atomic E-state index is 4.58. The molecule has 0 amide bonds. The number of rotatable bonds is 5. The van der Waals surface area contributed by atoms with Crippen LogP contribution in [0.25, 0.3) is 0 Å². The lowest BCUT2D eigenvalue weighted by molar-refractivity contribution is 0.935. The number of aryl methyl sites for hydroxylation is 1. The lowest BCUT2D eigenvalue weighted by Gasteiger charge is -2.15. The molecule has 0 aliphatic carbocycles. The van der Waals surface area contributed by atoms with E-state index >= 15 is 0 Å². The first-order valence-corrected chi connectivity index (χ1v) is 7.14. The molecule has 5 heteroatoms. The molecule has 1 heterocycles. The highest BCUT2D eigenvalue weighted by Gasteiger charge is 2.09. The standard InChI is InChI=1S/C16H23N5/c1-6-14-19-15(17-3)11(2)16(20-14)18-12-7-9-13(10-8-12)21(4)5/h7-10H,6H2,1-5H3,(H2,17,18,19,20). The van der Waals surface area contributed by atoms with Crippen LogP contribution in [-0.4, -0.2) is 31.1 Å². The van der Waals surface area contributed by atoms with Crippen molar-refractivity contribution >= 4 is 23.0 Å². The second-order valence-electron chi connectivity index (χ2n) is 5.13. The van der Waals surface area contributed by atoms with Crippen molar-refractivity contribution in [2.24, 2.45) is 0 Å². The summed E-state index contributed by atoms with van der Waals surface area (Å²) in [7, 11) is 5.94. The summed E-state index contributed by atoms with van der Waals surface area (Å²) in [6, 6.07) is 8.28. The average molecular weight is 285 g/mol. The van der Waals surface area contributed by atoms with E-state index in [9.17, 15) is 0 Å². The molecule has 2 aromatic rings. The number of nitrogens with zero attached hydrogens (tertiary/aromatic N) is 3. The van der Waals surface area contributed by atoms with Crippen molar-refractivity contribution in [2.45, 2.75) is 20.3 Å². The fourth-order valence-corrected chi connectivity index (χ4v) is 2.07. The van der Waals surface area contributed by atoms with Crippen LogP contribution >= 0.6 is 0 Å². The Kier molecular flexibility index (Phi) is 4.62. The van der Waals surface area contributed by atoms with Crippen molar-refractivity contribution in [3.63, 3.8) is 0 Å². The molecule has 0 aliphatic rings. The highest BCUT2D eigenvalue weighted by molar-refractivity contribution is 5.66. The second-order valence-corrected chi connectivity index (χ2v) is 5.13. The van der Waals surface area contributed by atoms with E-state index in [1.165, 1.54) is 5.69 Å². The highest BCUT2D eigenvalue weighted by atomic mass is 15.1. The average Bonchev–Trinajstić information content (AvgIpc) is 2.49. The van der Waals surface area contributed by atoms with Crippen LogP contribution in [-0.2, 0) is 6.42 Å². The van der Waals surface area contributed by atoms with Gasteiger partial charge in [-0.1, -0.05) is 6.92 Å². The molecular weight excluding hydrogens is 262 g/mol. The summed E-state index contributed by atoms with van der Waals surface area (Å²) >= 11 is 0. The molecule has 0 aliphatic heterocycles. The van der Waals surface area contributed by atoms with Gasteiger partial charge in [0.05, 0.1) is 0 Å². The van der Waals surface area contributed by atoms with E-state index in [0.29, 0.717) is 0 Å². The van der Waals surface area contributed by atoms with Crippen molar-refractivity contribution in [3.05, 3.63) is 35.7 Å². The van der Waals surface area contributed by atoms with Gasteiger partial charge in [-0.2, -0.15) is 0 Å². The van der Waals surface area contributed by atoms with Crippen molar-refractivity contribution in [3.8, 4) is 0 Å². The second kappa shape index (κ2) is 6.43. The van der Waals surface area contributed by atoms with Crippen molar-refractivity contribution in [1.82, 2.24) is 9.97 Å². The number of aromatic nitrogens is 2. The van der Waals surface area contributed by atoms with Gasteiger partial charge in [0.2, 0.25) is 0 Å². The molecular formula is C16H23N5. The Morgan fingerprint density at radius 2 is 1.67 bits per heavy atom. The first kappa shape index (κ1) is 15.1. The maximum absolute atomic E-state index is 4.58. The first-order chi connectivity index (χ1) is 10.0. The number of nitrogens with one attached hydrogen (secondary N) is 2. The molecule has 2 N–H and O–H groups in total. The van der Waals surface area contributed by atoms with Gasteiger partial charge < -0.3 is 15.5 Å². The third-order valence-corrected chi connectivity index (χ3v) is 3.39. The number of benzene rings is 1. The van der Waals surface area contributed by atoms with Gasteiger partial charge in [0.1, 0.15) is 17.5 Å². The smallest absolute Gasteiger partial charge is 0.139 e. The quantitative estimate of drug-likeness (QED) is 0.883. The molecule has 1 aromatic carbocycles. The van der Waals surface area contributed by atoms with Crippen LogP contribution in [0.15, 0.2) is 24.3 Å². The zero-order valence-corrected chi connectivity index (χ0v) is 13.4. The van der Waals surface area contributed by atoms with Gasteiger partial charge in [0, 0.05) is 44.5 Å². The van der Waals surface area contributed by atoms with Gasteiger partial charge in [-0.15, -0.1) is 0 Å². The Labute approximate surface area is 126 Å². The lowest BCUT2D eigenvalue weighted by atomic mass is 10.2. The summed E-state index contributed by atoms with van der Waals surface area (Å²) in [5.41, 5.74) is 3.21. The Hall–Kier alpha value is -2.30. The molecule has 112 valence electrons. The van der Waals surface area contributed by atoms with E-state index in [1.54, 1.807) is 0 Å². The van der Waals surface area contributed by atoms with E-state index in [4.69, 9.17) is 0 Å². The molecule has 0 unspecified atom stereocenters. The zero-order chi connectivity index (χ0) is 15.4. The Morgan fingerprint density at radius 1 is 1.05 bits per heavy atom. The molecule has 0 bridgehead atoms. The number of hydrogen-bond acceptors (Lipinski definition) is 5. The maximum Gasteiger partial charge on any atom is 0.139 e. The summed E-state index contributed by atoms with van der Waals surface area (Å²) in [6.07, 6.45) is 0.809. The van der Waals surface area contributed by atoms with Crippen LogP contribution < -0.4 is 15.5 Å². The number of anilines is 4. The van der Waals surface area contributed by atoms with Gasteiger partial charge in [-0.05, 0) is 31.2 Å². The summed E-state index contributed by atoms with van der Waals surface area (Å²) in [6.45, 7) is 4.07. The van der Waals surface area contributed by atoms with Crippen LogP contribution in [0.3, 0.4) is 0 Å². The van der Waals surface area contributed by atoms with Gasteiger partial charge in [0.15, 0.2) is 0 Å². The van der Waals surface area contributed by atoms with Gasteiger partial charge in [-0.25, -0.2) is 9.97 Å². The molecule has 0 fully saturated rings. The van der Waals surface area contributed by atoms with Gasteiger partial charge in [0.25, 0.3) is 0 Å². The Balaban J connectivity index is 2.30. The summed E-state index contributed by atoms with van der Waals surface area (Å²) in [4.78, 5) is 11.1. The largest absolute Gasteiger partial charge is 0.378 e. The minimum atomic E-state index is 0.809. The van der Waals surface area contributed by atoms with E-state index < -0.39 is 0 Å². The van der Waals surface area contributed by atoms with E-state index in [0.717, 1.165) is 35.1 Å². The predicted octanol–water partition coefficient (Wildman–Crippen LogP) is 3.20. The van der Waals surface area contributed by atoms with Crippen molar-refractivity contribution < 1.29 is 0 Å². The molecule has 21 heavy (non-hydrogen) atoms. The van der Waals surface area contributed by atoms with E-state index in [2.05, 4.69) is 56.7 Å². The van der Waals surface area contributed by atoms with Crippen LogP contribution in [0.5, 0.6) is 0 Å². The normalized spacial score (nSPS) is 10.3. The SMILES string of the molecule is CCc1nc(NC)c(C)c(Nc2ccc(N(C)C)cc2)n1. The molecule has 0 radical (unpaired) electrons. The van der Waals surface area contributed by atoms with E-state index in [-0.39, 0.29) is 0 Å². The van der Waals surface area contributed by atoms with Crippen molar-refractivity contribution in [2.75, 3.05) is 36.7 Å². The summed E-state index contributed by atoms with van der Waals surface area (Å²) in [5.74, 6) is 2.55. The van der Waals surface area contributed by atoms with Gasteiger partial charge >= 0.3 is 0 Å². The Bertz CT molecular complexity index is 605. The van der Waals surface area contributed by atoms with Gasteiger partial charge in [-0.3, -0.25) is 0 Å². The van der Waals surface area contributed by atoms with E-state index in [1.807, 2.05) is 28.1 Å². The molecule has 1 aromatic heterocycles. The fraction of sp³-hybridized carbons (Fsp3) is 0.375. The van der Waals surface area contributed by atoms with Crippen molar-refractivity contribution in [1.29, 1.82) is 0 Å². The number of hydrogen-bond donors (Lipinski definition) is 2. The minimum absolute atomic E-state index is 0.809. The third-order valence-electron chi connectivity index (χ3n) is 3.39. The topological polar surface area (TPSA) is 53.1 Å². The fourth-order valence-electron chi connectivity index (χ4n) is 2.07. The monoisotopic (exact) mass is 285 g/mol. The third kappa shape index (κ3) is 3.42. The summed E-state index contributed by atoms with van der Waals surface area (Å²) < 4.78 is 0. The molecule has 0 saturated carbocycles. The Morgan fingerprint density at radius 3 is 2.19 bits per heavy atom. The first-order valence-electron chi connectivity index (χ1n) is 7.14. The lowest BCUT2D eigenvalue weighted by Crippen LogP contribution is -2.09.